The summed E-state index contributed by atoms with van der Waals surface area (Å²) in [5.74, 6) is 0.559. The molecule has 0 unspecified atom stereocenters. The average molecular weight is 423 g/mol. The van der Waals surface area contributed by atoms with Gasteiger partial charge in [-0.3, -0.25) is 9.69 Å². The van der Waals surface area contributed by atoms with Gasteiger partial charge >= 0.3 is 0 Å². The summed E-state index contributed by atoms with van der Waals surface area (Å²) in [6, 6.07) is 5.89. The lowest BCUT2D eigenvalue weighted by molar-refractivity contribution is -0.132. The molecule has 1 fully saturated rings. The number of phenols is 1. The first-order valence-corrected chi connectivity index (χ1v) is 12.0. The maximum atomic E-state index is 11.8. The van der Waals surface area contributed by atoms with Crippen molar-refractivity contribution in [2.45, 2.75) is 39.7 Å². The van der Waals surface area contributed by atoms with Gasteiger partial charge in [0.1, 0.15) is 9.57 Å². The van der Waals surface area contributed by atoms with E-state index in [9.17, 15) is 9.90 Å². The van der Waals surface area contributed by atoms with Crippen molar-refractivity contribution in [2.24, 2.45) is 0 Å². The third-order valence-corrected chi connectivity index (χ3v) is 8.18. The summed E-state index contributed by atoms with van der Waals surface area (Å²) in [6.07, 6.45) is 2.64. The van der Waals surface area contributed by atoms with Gasteiger partial charge < -0.3 is 10.0 Å². The molecule has 1 amide bonds. The van der Waals surface area contributed by atoms with Crippen LogP contribution in [0.4, 0.5) is 0 Å². The highest BCUT2D eigenvalue weighted by molar-refractivity contribution is 7.80. The predicted molar refractivity (Wildman–Crippen MR) is 116 cm³/mol. The second kappa shape index (κ2) is 9.28. The van der Waals surface area contributed by atoms with Crippen molar-refractivity contribution in [3.8, 4) is 16.2 Å². The molecule has 0 aliphatic carbocycles. The number of piperazine rings is 1. The van der Waals surface area contributed by atoms with Crippen LogP contribution in [0.5, 0.6) is 5.75 Å². The third-order valence-electron chi connectivity index (χ3n) is 4.98. The zero-order chi connectivity index (χ0) is 19.4. The zero-order valence-electron chi connectivity index (χ0n) is 15.9. The summed E-state index contributed by atoms with van der Waals surface area (Å²) in [6.45, 7) is 7.99. The van der Waals surface area contributed by atoms with E-state index < -0.39 is 0 Å². The van der Waals surface area contributed by atoms with Gasteiger partial charge in [0.25, 0.3) is 0 Å². The van der Waals surface area contributed by atoms with E-state index in [0.29, 0.717) is 18.7 Å². The number of amides is 1. The highest BCUT2D eigenvalue weighted by atomic mass is 32.9. The second-order valence-corrected chi connectivity index (χ2v) is 9.68. The van der Waals surface area contributed by atoms with E-state index in [2.05, 4.69) is 17.9 Å². The van der Waals surface area contributed by atoms with Crippen LogP contribution < -0.4 is 0 Å². The predicted octanol–water partition coefficient (Wildman–Crippen LogP) is 4.92. The maximum Gasteiger partial charge on any atom is 0.222 e. The van der Waals surface area contributed by atoms with Crippen LogP contribution in [0.2, 0.25) is 0 Å². The van der Waals surface area contributed by atoms with Crippen LogP contribution >= 0.6 is 32.9 Å². The molecule has 27 heavy (non-hydrogen) atoms. The van der Waals surface area contributed by atoms with Gasteiger partial charge in [-0.2, -0.15) is 0 Å². The highest BCUT2D eigenvalue weighted by Gasteiger charge is 2.21. The molecule has 4 nitrogen and oxygen atoms in total. The Labute approximate surface area is 173 Å². The number of nitrogens with zero attached hydrogens (tertiary/aromatic N) is 2. The SMILES string of the molecule is CCCc1c(-c2ccc(O)c(CN3CCN(C(=O)CC)CC3)c2)ssc1=S. The standard InChI is InChI=1S/C20H26N2O2S3/c1-3-5-16-19(26-27-20(16)25)14-6-7-17(23)15(12-14)13-21-8-10-22(11-9-21)18(24)4-2/h6-7,12,23H,3-5,8-11,13H2,1-2H3. The average Bonchev–Trinajstić information content (AvgIpc) is 3.04. The molecule has 1 aliphatic rings. The summed E-state index contributed by atoms with van der Waals surface area (Å²) in [5, 5.41) is 10.4. The lowest BCUT2D eigenvalue weighted by atomic mass is 10.0. The Morgan fingerprint density at radius 1 is 1.19 bits per heavy atom. The van der Waals surface area contributed by atoms with Crippen LogP contribution in [-0.4, -0.2) is 47.0 Å². The van der Waals surface area contributed by atoms with Gasteiger partial charge in [-0.05, 0) is 35.7 Å². The molecule has 1 saturated heterocycles. The summed E-state index contributed by atoms with van der Waals surface area (Å²) >= 11 is 5.51. The van der Waals surface area contributed by atoms with E-state index in [1.165, 1.54) is 10.4 Å². The number of hydrogen-bond donors (Lipinski definition) is 1. The van der Waals surface area contributed by atoms with Gasteiger partial charge in [0.05, 0.1) is 4.88 Å². The van der Waals surface area contributed by atoms with Gasteiger partial charge in [-0.1, -0.05) is 53.2 Å². The molecule has 1 aromatic carbocycles. The molecule has 146 valence electrons. The van der Waals surface area contributed by atoms with Crippen molar-refractivity contribution in [3.63, 3.8) is 0 Å². The number of hydrogen-bond acceptors (Lipinski definition) is 6. The molecule has 1 aromatic heterocycles. The summed E-state index contributed by atoms with van der Waals surface area (Å²) in [5.41, 5.74) is 3.35. The maximum absolute atomic E-state index is 11.8. The molecule has 0 saturated carbocycles. The van der Waals surface area contributed by atoms with E-state index in [1.807, 2.05) is 17.9 Å². The largest absolute Gasteiger partial charge is 0.508 e. The van der Waals surface area contributed by atoms with Crippen LogP contribution in [0.3, 0.4) is 0 Å². The first kappa shape index (κ1) is 20.5. The number of phenolic OH excluding ortho intramolecular Hbond substituents is 1. The van der Waals surface area contributed by atoms with Crippen molar-refractivity contribution in [3.05, 3.63) is 33.1 Å². The first-order valence-electron chi connectivity index (χ1n) is 9.47. The summed E-state index contributed by atoms with van der Waals surface area (Å²) < 4.78 is 0.989. The molecular formula is C20H26N2O2S3. The zero-order valence-corrected chi connectivity index (χ0v) is 18.3. The van der Waals surface area contributed by atoms with E-state index in [0.717, 1.165) is 54.0 Å². The van der Waals surface area contributed by atoms with Crippen LogP contribution in [0, 0.1) is 3.82 Å². The van der Waals surface area contributed by atoms with Crippen LogP contribution in [-0.2, 0) is 17.8 Å². The van der Waals surface area contributed by atoms with Gasteiger partial charge in [0, 0.05) is 44.7 Å². The molecular weight excluding hydrogens is 396 g/mol. The van der Waals surface area contributed by atoms with Gasteiger partial charge in [-0.25, -0.2) is 0 Å². The monoisotopic (exact) mass is 422 g/mol. The van der Waals surface area contributed by atoms with Crippen LogP contribution in [0.25, 0.3) is 10.4 Å². The number of carbonyl (C=O) groups excluding carboxylic acids is 1. The third kappa shape index (κ3) is 4.77. The van der Waals surface area contributed by atoms with Gasteiger partial charge in [-0.15, -0.1) is 0 Å². The minimum atomic E-state index is 0.224. The lowest BCUT2D eigenvalue weighted by Crippen LogP contribution is -2.48. The first-order chi connectivity index (χ1) is 13.0. The second-order valence-electron chi connectivity index (χ2n) is 6.87. The van der Waals surface area contributed by atoms with Gasteiger partial charge in [0.2, 0.25) is 5.91 Å². The summed E-state index contributed by atoms with van der Waals surface area (Å²) in [4.78, 5) is 17.3. The number of carbonyl (C=O) groups is 1. The molecule has 2 heterocycles. The van der Waals surface area contributed by atoms with Gasteiger partial charge in [0.15, 0.2) is 0 Å². The van der Waals surface area contributed by atoms with E-state index in [-0.39, 0.29) is 5.91 Å². The van der Waals surface area contributed by atoms with Crippen LogP contribution in [0.1, 0.15) is 37.8 Å². The molecule has 0 spiro atoms. The fourth-order valence-electron chi connectivity index (χ4n) is 3.43. The van der Waals surface area contributed by atoms with Crippen LogP contribution in [0.15, 0.2) is 18.2 Å². The van der Waals surface area contributed by atoms with Crippen molar-refractivity contribution >= 4 is 38.8 Å². The molecule has 0 atom stereocenters. The molecule has 3 rings (SSSR count). The molecule has 1 N–H and O–H groups in total. The Morgan fingerprint density at radius 3 is 2.59 bits per heavy atom. The Kier molecular flexibility index (Phi) is 7.03. The van der Waals surface area contributed by atoms with E-state index in [4.69, 9.17) is 12.2 Å². The lowest BCUT2D eigenvalue weighted by Gasteiger charge is -2.34. The smallest absolute Gasteiger partial charge is 0.222 e. The Balaban J connectivity index is 1.75. The fraction of sp³-hybridized carbons (Fsp3) is 0.500. The number of aromatic hydroxyl groups is 1. The fourth-order valence-corrected chi connectivity index (χ4v) is 6.43. The molecule has 0 radical (unpaired) electrons. The molecule has 7 heteroatoms. The quantitative estimate of drug-likeness (QED) is 0.530. The number of rotatable bonds is 6. The molecule has 2 aromatic rings. The normalized spacial score (nSPS) is 15.3. The Morgan fingerprint density at radius 2 is 1.93 bits per heavy atom. The highest BCUT2D eigenvalue weighted by Crippen LogP contribution is 2.37. The topological polar surface area (TPSA) is 43.8 Å². The van der Waals surface area contributed by atoms with Crippen molar-refractivity contribution in [2.75, 3.05) is 26.2 Å². The molecule has 0 bridgehead atoms. The van der Waals surface area contributed by atoms with E-state index >= 15 is 0 Å². The summed E-state index contributed by atoms with van der Waals surface area (Å²) in [7, 11) is 3.40. The van der Waals surface area contributed by atoms with Crippen molar-refractivity contribution in [1.29, 1.82) is 0 Å². The minimum absolute atomic E-state index is 0.224. The van der Waals surface area contributed by atoms with Crippen molar-refractivity contribution < 1.29 is 9.90 Å². The van der Waals surface area contributed by atoms with Crippen molar-refractivity contribution in [1.82, 2.24) is 9.80 Å². The Hall–Kier alpha value is -1.28. The number of benzene rings is 1. The van der Waals surface area contributed by atoms with E-state index in [1.54, 1.807) is 26.7 Å². The minimum Gasteiger partial charge on any atom is -0.508 e. The Bertz CT molecular complexity index is 851. The molecule has 1 aliphatic heterocycles.